The van der Waals surface area contributed by atoms with Crippen LogP contribution >= 0.6 is 11.3 Å². The third-order valence-electron chi connectivity index (χ3n) is 2.94. The lowest BCUT2D eigenvalue weighted by Crippen LogP contribution is -2.39. The minimum absolute atomic E-state index is 0.350. The summed E-state index contributed by atoms with van der Waals surface area (Å²) in [5.74, 6) is -0.889. The van der Waals surface area contributed by atoms with Gasteiger partial charge in [-0.05, 0) is 25.0 Å². The first kappa shape index (κ1) is 14.2. The van der Waals surface area contributed by atoms with Crippen molar-refractivity contribution in [3.8, 4) is 0 Å². The number of rotatable bonds is 7. The monoisotopic (exact) mass is 257 g/mol. The van der Waals surface area contributed by atoms with E-state index in [4.69, 9.17) is 5.11 Å². The van der Waals surface area contributed by atoms with Crippen molar-refractivity contribution in [2.24, 2.45) is 0 Å². The highest BCUT2D eigenvalue weighted by Crippen LogP contribution is 2.17. The molecule has 17 heavy (non-hydrogen) atoms. The average molecular weight is 257 g/mol. The Kier molecular flexibility index (Phi) is 5.11. The molecule has 0 fully saturated rings. The van der Waals surface area contributed by atoms with Gasteiger partial charge in [0.2, 0.25) is 0 Å². The summed E-state index contributed by atoms with van der Waals surface area (Å²) in [5.41, 5.74) is -0.660. The molecule has 0 aromatic carbocycles. The molecule has 5 heteroatoms. The zero-order valence-electron chi connectivity index (χ0n) is 10.2. The first-order chi connectivity index (χ1) is 8.00. The molecule has 4 nitrogen and oxygen atoms in total. The molecule has 1 rings (SSSR count). The minimum Gasteiger partial charge on any atom is -0.477 e. The van der Waals surface area contributed by atoms with Crippen molar-refractivity contribution in [2.45, 2.75) is 38.8 Å². The highest BCUT2D eigenvalue weighted by molar-refractivity contribution is 7.13. The molecule has 1 aromatic heterocycles. The Morgan fingerprint density at radius 3 is 2.53 bits per heavy atom. The summed E-state index contributed by atoms with van der Waals surface area (Å²) in [6.07, 6.45) is 1.42. The summed E-state index contributed by atoms with van der Waals surface area (Å²) in [5, 5.41) is 22.0. The molecule has 0 radical (unpaired) electrons. The van der Waals surface area contributed by atoms with Crippen LogP contribution < -0.4 is 5.32 Å². The Hall–Kier alpha value is -0.910. The smallest absolute Gasteiger partial charge is 0.345 e. The highest BCUT2D eigenvalue weighted by atomic mass is 32.1. The SMILES string of the molecule is CCC(O)(CC)CNCc1ccc(C(=O)O)s1. The van der Waals surface area contributed by atoms with Gasteiger partial charge < -0.3 is 15.5 Å². The Labute approximate surface area is 105 Å². The van der Waals surface area contributed by atoms with Crippen LogP contribution in [0.4, 0.5) is 0 Å². The van der Waals surface area contributed by atoms with E-state index in [9.17, 15) is 9.90 Å². The zero-order chi connectivity index (χ0) is 12.9. The first-order valence-corrected chi connectivity index (χ1v) is 6.57. The van der Waals surface area contributed by atoms with Crippen molar-refractivity contribution < 1.29 is 15.0 Å². The Balaban J connectivity index is 2.43. The van der Waals surface area contributed by atoms with Gasteiger partial charge in [0, 0.05) is 18.0 Å². The number of carbonyl (C=O) groups is 1. The van der Waals surface area contributed by atoms with E-state index in [1.54, 1.807) is 12.1 Å². The average Bonchev–Trinajstić information content (AvgIpc) is 2.78. The van der Waals surface area contributed by atoms with Crippen molar-refractivity contribution in [3.05, 3.63) is 21.9 Å². The van der Waals surface area contributed by atoms with Gasteiger partial charge in [-0.2, -0.15) is 0 Å². The maximum Gasteiger partial charge on any atom is 0.345 e. The summed E-state index contributed by atoms with van der Waals surface area (Å²) >= 11 is 1.26. The highest BCUT2D eigenvalue weighted by Gasteiger charge is 2.21. The normalized spacial score (nSPS) is 11.7. The predicted molar refractivity (Wildman–Crippen MR) is 68.5 cm³/mol. The molecule has 0 amide bonds. The van der Waals surface area contributed by atoms with Crippen molar-refractivity contribution in [1.29, 1.82) is 0 Å². The molecule has 0 aliphatic heterocycles. The fourth-order valence-electron chi connectivity index (χ4n) is 1.51. The number of carboxylic acid groups (broad SMARTS) is 1. The van der Waals surface area contributed by atoms with Gasteiger partial charge in [-0.3, -0.25) is 0 Å². The third-order valence-corrected chi connectivity index (χ3v) is 4.02. The zero-order valence-corrected chi connectivity index (χ0v) is 11.0. The van der Waals surface area contributed by atoms with E-state index in [2.05, 4.69) is 5.32 Å². The van der Waals surface area contributed by atoms with E-state index >= 15 is 0 Å². The topological polar surface area (TPSA) is 69.6 Å². The molecule has 0 aliphatic carbocycles. The van der Waals surface area contributed by atoms with Gasteiger partial charge in [-0.1, -0.05) is 13.8 Å². The fourth-order valence-corrected chi connectivity index (χ4v) is 2.32. The minimum atomic E-state index is -0.889. The summed E-state index contributed by atoms with van der Waals surface area (Å²) in [6, 6.07) is 3.41. The lowest BCUT2D eigenvalue weighted by Gasteiger charge is -2.25. The molecule has 0 atom stereocenters. The third kappa shape index (κ3) is 4.11. The van der Waals surface area contributed by atoms with Gasteiger partial charge in [0.25, 0.3) is 0 Å². The summed E-state index contributed by atoms with van der Waals surface area (Å²) in [6.45, 7) is 5.04. The Morgan fingerprint density at radius 1 is 1.41 bits per heavy atom. The number of carboxylic acids is 1. The van der Waals surface area contributed by atoms with Crippen LogP contribution in [0.1, 0.15) is 41.2 Å². The van der Waals surface area contributed by atoms with E-state index in [0.29, 0.717) is 30.8 Å². The van der Waals surface area contributed by atoms with E-state index in [1.165, 1.54) is 11.3 Å². The number of hydrogen-bond donors (Lipinski definition) is 3. The number of aromatic carboxylic acids is 1. The lowest BCUT2D eigenvalue weighted by molar-refractivity contribution is 0.0323. The summed E-state index contributed by atoms with van der Waals surface area (Å²) < 4.78 is 0. The molecule has 96 valence electrons. The van der Waals surface area contributed by atoms with E-state index in [0.717, 1.165) is 4.88 Å². The fraction of sp³-hybridized carbons (Fsp3) is 0.583. The van der Waals surface area contributed by atoms with Gasteiger partial charge in [0.05, 0.1) is 5.60 Å². The maximum atomic E-state index is 10.7. The van der Waals surface area contributed by atoms with Crippen molar-refractivity contribution >= 4 is 17.3 Å². The molecular weight excluding hydrogens is 238 g/mol. The summed E-state index contributed by atoms with van der Waals surface area (Å²) in [4.78, 5) is 12.0. The van der Waals surface area contributed by atoms with E-state index in [-0.39, 0.29) is 0 Å². The van der Waals surface area contributed by atoms with Gasteiger partial charge in [-0.25, -0.2) is 4.79 Å². The van der Waals surface area contributed by atoms with Crippen LogP contribution in [0.3, 0.4) is 0 Å². The maximum absolute atomic E-state index is 10.7. The van der Waals surface area contributed by atoms with Gasteiger partial charge in [0.1, 0.15) is 4.88 Å². The quantitative estimate of drug-likeness (QED) is 0.699. The van der Waals surface area contributed by atoms with Crippen LogP contribution in [-0.4, -0.2) is 28.3 Å². The van der Waals surface area contributed by atoms with Crippen LogP contribution in [-0.2, 0) is 6.54 Å². The second kappa shape index (κ2) is 6.14. The van der Waals surface area contributed by atoms with Crippen LogP contribution in [0.15, 0.2) is 12.1 Å². The van der Waals surface area contributed by atoms with Crippen LogP contribution in [0.2, 0.25) is 0 Å². The Bertz CT molecular complexity index is 372. The molecule has 0 aliphatic rings. The van der Waals surface area contributed by atoms with Gasteiger partial charge in [-0.15, -0.1) is 11.3 Å². The molecule has 3 N–H and O–H groups in total. The van der Waals surface area contributed by atoms with Crippen molar-refractivity contribution in [1.82, 2.24) is 5.32 Å². The number of aliphatic hydroxyl groups is 1. The second-order valence-electron chi connectivity index (χ2n) is 4.11. The van der Waals surface area contributed by atoms with Crippen LogP contribution in [0.5, 0.6) is 0 Å². The van der Waals surface area contributed by atoms with Gasteiger partial charge >= 0.3 is 5.97 Å². The number of hydrogen-bond acceptors (Lipinski definition) is 4. The molecule has 1 heterocycles. The molecule has 0 saturated carbocycles. The van der Waals surface area contributed by atoms with E-state index in [1.807, 2.05) is 13.8 Å². The van der Waals surface area contributed by atoms with Crippen molar-refractivity contribution in [3.63, 3.8) is 0 Å². The largest absolute Gasteiger partial charge is 0.477 e. The number of nitrogens with one attached hydrogen (secondary N) is 1. The Morgan fingerprint density at radius 2 is 2.06 bits per heavy atom. The van der Waals surface area contributed by atoms with E-state index < -0.39 is 11.6 Å². The molecule has 1 aromatic rings. The molecule has 0 spiro atoms. The lowest BCUT2D eigenvalue weighted by atomic mass is 9.98. The van der Waals surface area contributed by atoms with Crippen LogP contribution in [0, 0.1) is 0 Å². The number of thiophene rings is 1. The molecule has 0 unspecified atom stereocenters. The van der Waals surface area contributed by atoms with Gasteiger partial charge in [0.15, 0.2) is 0 Å². The molecule has 0 saturated heterocycles. The second-order valence-corrected chi connectivity index (χ2v) is 5.27. The predicted octanol–water partition coefficient (Wildman–Crippen LogP) is 2.09. The summed E-state index contributed by atoms with van der Waals surface area (Å²) in [7, 11) is 0. The molecule has 0 bridgehead atoms. The standard InChI is InChI=1S/C12H19NO3S/c1-3-12(16,4-2)8-13-7-9-5-6-10(17-9)11(14)15/h5-6,13,16H,3-4,7-8H2,1-2H3,(H,14,15). The van der Waals surface area contributed by atoms with Crippen LogP contribution in [0.25, 0.3) is 0 Å². The molecular formula is C12H19NO3S. The van der Waals surface area contributed by atoms with Crippen molar-refractivity contribution in [2.75, 3.05) is 6.54 Å². The first-order valence-electron chi connectivity index (χ1n) is 5.76.